The predicted molar refractivity (Wildman–Crippen MR) is 132 cm³/mol. The average molecular weight is 495 g/mol. The van der Waals surface area contributed by atoms with Gasteiger partial charge in [0.05, 0.1) is 27.7 Å². The zero-order chi connectivity index (χ0) is 24.0. The van der Waals surface area contributed by atoms with Gasteiger partial charge in [-0.25, -0.2) is 14.8 Å². The van der Waals surface area contributed by atoms with E-state index < -0.39 is 5.97 Å². The van der Waals surface area contributed by atoms with Gasteiger partial charge >= 0.3 is 5.97 Å². The summed E-state index contributed by atoms with van der Waals surface area (Å²) in [5, 5.41) is 0.720. The fraction of sp³-hybridized carbons (Fsp3) is 0.583. The lowest BCUT2D eigenvalue weighted by Crippen LogP contribution is -2.39. The molecule has 180 valence electrons. The van der Waals surface area contributed by atoms with E-state index >= 15 is 0 Å². The first-order valence-electron chi connectivity index (χ1n) is 11.8. The molecule has 1 fully saturated rings. The predicted octanol–water partition coefficient (Wildman–Crippen LogP) is 5.37. The summed E-state index contributed by atoms with van der Waals surface area (Å²) < 4.78 is 5.24. The molecule has 33 heavy (non-hydrogen) atoms. The number of carbonyl (C=O) groups is 2. The molecule has 0 unspecified atom stereocenters. The van der Waals surface area contributed by atoms with Gasteiger partial charge in [0, 0.05) is 32.1 Å². The standard InChI is InChI=1S/C24H32Cl2N4O3/c1-4-7-9-16(5-2)23(31)30-11-8-10-29(12-13-30)22-21(24(32)33-6-3)27-19-14-17(25)18(26)15-20(19)28-22/h14-16H,4-13H2,1-3H3/t16-/m1/s1. The molecule has 2 heterocycles. The molecule has 0 aliphatic carbocycles. The number of amides is 1. The van der Waals surface area contributed by atoms with Crippen LogP contribution in [0.15, 0.2) is 12.1 Å². The number of ether oxygens (including phenoxy) is 1. The van der Waals surface area contributed by atoms with Crippen LogP contribution in [0.2, 0.25) is 10.0 Å². The van der Waals surface area contributed by atoms with Gasteiger partial charge < -0.3 is 14.5 Å². The van der Waals surface area contributed by atoms with Crippen LogP contribution < -0.4 is 4.90 Å². The molecule has 0 bridgehead atoms. The van der Waals surface area contributed by atoms with Gasteiger partial charge in [-0.05, 0) is 38.3 Å². The van der Waals surface area contributed by atoms with Crippen molar-refractivity contribution in [1.29, 1.82) is 0 Å². The highest BCUT2D eigenvalue weighted by molar-refractivity contribution is 6.42. The minimum absolute atomic E-state index is 0.0685. The number of fused-ring (bicyclic) bond motifs is 1. The molecule has 1 aliphatic heterocycles. The van der Waals surface area contributed by atoms with Gasteiger partial charge in [-0.2, -0.15) is 0 Å². The Morgan fingerprint density at radius 2 is 1.73 bits per heavy atom. The second kappa shape index (κ2) is 11.8. The molecule has 1 aromatic carbocycles. The number of hydrogen-bond acceptors (Lipinski definition) is 6. The zero-order valence-corrected chi connectivity index (χ0v) is 21.1. The fourth-order valence-electron chi connectivity index (χ4n) is 4.16. The Morgan fingerprint density at radius 3 is 2.36 bits per heavy atom. The van der Waals surface area contributed by atoms with Crippen molar-refractivity contribution in [3.05, 3.63) is 27.9 Å². The van der Waals surface area contributed by atoms with E-state index in [2.05, 4.69) is 18.8 Å². The molecule has 0 N–H and O–H groups in total. The molecule has 1 amide bonds. The largest absolute Gasteiger partial charge is 0.461 e. The monoisotopic (exact) mass is 494 g/mol. The summed E-state index contributed by atoms with van der Waals surface area (Å²) in [5.41, 5.74) is 1.18. The second-order valence-electron chi connectivity index (χ2n) is 8.28. The number of aromatic nitrogens is 2. The van der Waals surface area contributed by atoms with Crippen molar-refractivity contribution in [1.82, 2.24) is 14.9 Å². The van der Waals surface area contributed by atoms with Crippen LogP contribution in [0.4, 0.5) is 5.82 Å². The third kappa shape index (κ3) is 6.07. The van der Waals surface area contributed by atoms with Crippen molar-refractivity contribution in [3.63, 3.8) is 0 Å². The van der Waals surface area contributed by atoms with E-state index in [1.807, 2.05) is 9.80 Å². The van der Waals surface area contributed by atoms with E-state index in [0.29, 0.717) is 53.1 Å². The first-order chi connectivity index (χ1) is 15.9. The highest BCUT2D eigenvalue weighted by atomic mass is 35.5. The highest BCUT2D eigenvalue weighted by Gasteiger charge is 2.28. The topological polar surface area (TPSA) is 75.6 Å². The van der Waals surface area contributed by atoms with Crippen LogP contribution in [-0.4, -0.2) is 59.5 Å². The van der Waals surface area contributed by atoms with Gasteiger partial charge in [0.1, 0.15) is 0 Å². The molecule has 0 radical (unpaired) electrons. The molecule has 3 rings (SSSR count). The molecule has 7 nitrogen and oxygen atoms in total. The number of halogens is 2. The van der Waals surface area contributed by atoms with E-state index in [0.717, 1.165) is 32.1 Å². The lowest BCUT2D eigenvalue weighted by molar-refractivity contribution is -0.135. The Morgan fingerprint density at radius 1 is 1.03 bits per heavy atom. The van der Waals surface area contributed by atoms with Gasteiger partial charge in [-0.1, -0.05) is 49.9 Å². The van der Waals surface area contributed by atoms with Crippen molar-refractivity contribution in [3.8, 4) is 0 Å². The summed E-state index contributed by atoms with van der Waals surface area (Å²) in [4.78, 5) is 39.1. The van der Waals surface area contributed by atoms with Crippen LogP contribution in [0.5, 0.6) is 0 Å². The molecular formula is C24H32Cl2N4O3. The summed E-state index contributed by atoms with van der Waals surface area (Å²) in [6.45, 7) is 8.69. The Balaban J connectivity index is 1.88. The maximum Gasteiger partial charge on any atom is 0.360 e. The van der Waals surface area contributed by atoms with Crippen LogP contribution in [0, 0.1) is 5.92 Å². The summed E-state index contributed by atoms with van der Waals surface area (Å²) in [5.74, 6) is 0.214. The van der Waals surface area contributed by atoms with Gasteiger partial charge in [-0.15, -0.1) is 0 Å². The molecular weight excluding hydrogens is 463 g/mol. The smallest absolute Gasteiger partial charge is 0.360 e. The minimum atomic E-state index is -0.532. The normalized spacial score (nSPS) is 15.4. The third-order valence-electron chi connectivity index (χ3n) is 6.01. The lowest BCUT2D eigenvalue weighted by atomic mass is 9.97. The molecule has 1 atom stereocenters. The molecule has 2 aromatic rings. The van der Waals surface area contributed by atoms with Crippen molar-refractivity contribution in [2.75, 3.05) is 37.7 Å². The quantitative estimate of drug-likeness (QED) is 0.459. The maximum absolute atomic E-state index is 13.1. The first kappa shape index (κ1) is 25.5. The number of carbonyl (C=O) groups excluding carboxylic acids is 2. The van der Waals surface area contributed by atoms with E-state index in [9.17, 15) is 9.59 Å². The number of nitrogens with zero attached hydrogens (tertiary/aromatic N) is 4. The van der Waals surface area contributed by atoms with E-state index in [4.69, 9.17) is 32.9 Å². The average Bonchev–Trinajstić information content (AvgIpc) is 3.06. The molecule has 1 aromatic heterocycles. The Labute approximate surface area is 205 Å². The summed E-state index contributed by atoms with van der Waals surface area (Å²) in [6.07, 6.45) is 4.71. The number of benzene rings is 1. The second-order valence-corrected chi connectivity index (χ2v) is 9.10. The number of rotatable bonds is 8. The van der Waals surface area contributed by atoms with Crippen LogP contribution in [0.25, 0.3) is 11.0 Å². The van der Waals surface area contributed by atoms with Gasteiger partial charge in [0.15, 0.2) is 11.5 Å². The SMILES string of the molecule is CCCC[C@@H](CC)C(=O)N1CCCN(c2nc3cc(Cl)c(Cl)cc3nc2C(=O)OCC)CC1. The van der Waals surface area contributed by atoms with Crippen molar-refractivity contribution in [2.45, 2.75) is 52.9 Å². The van der Waals surface area contributed by atoms with Crippen molar-refractivity contribution >= 4 is 51.9 Å². The van der Waals surface area contributed by atoms with E-state index in [-0.39, 0.29) is 24.1 Å². The van der Waals surface area contributed by atoms with Gasteiger partial charge in [0.25, 0.3) is 0 Å². The van der Waals surface area contributed by atoms with Gasteiger partial charge in [-0.3, -0.25) is 4.79 Å². The minimum Gasteiger partial charge on any atom is -0.461 e. The zero-order valence-electron chi connectivity index (χ0n) is 19.6. The Hall–Kier alpha value is -2.12. The third-order valence-corrected chi connectivity index (χ3v) is 6.73. The lowest BCUT2D eigenvalue weighted by Gasteiger charge is -2.26. The fourth-order valence-corrected chi connectivity index (χ4v) is 4.48. The van der Waals surface area contributed by atoms with Crippen LogP contribution in [0.3, 0.4) is 0 Å². The van der Waals surface area contributed by atoms with Crippen LogP contribution in [-0.2, 0) is 9.53 Å². The van der Waals surface area contributed by atoms with E-state index in [1.165, 1.54) is 0 Å². The van der Waals surface area contributed by atoms with Crippen LogP contribution in [0.1, 0.15) is 63.4 Å². The molecule has 1 aliphatic rings. The number of anilines is 1. The first-order valence-corrected chi connectivity index (χ1v) is 12.5. The van der Waals surface area contributed by atoms with E-state index in [1.54, 1.807) is 19.1 Å². The summed E-state index contributed by atoms with van der Waals surface area (Å²) in [6, 6.07) is 3.25. The van der Waals surface area contributed by atoms with Gasteiger partial charge in [0.2, 0.25) is 5.91 Å². The maximum atomic E-state index is 13.1. The summed E-state index contributed by atoms with van der Waals surface area (Å²) in [7, 11) is 0. The van der Waals surface area contributed by atoms with Crippen molar-refractivity contribution < 1.29 is 14.3 Å². The molecule has 1 saturated heterocycles. The number of hydrogen-bond donors (Lipinski definition) is 0. The van der Waals surface area contributed by atoms with Crippen molar-refractivity contribution in [2.24, 2.45) is 5.92 Å². The molecule has 0 spiro atoms. The summed E-state index contributed by atoms with van der Waals surface area (Å²) >= 11 is 12.3. The Kier molecular flexibility index (Phi) is 9.15. The number of esters is 1. The number of unbranched alkanes of at least 4 members (excludes halogenated alkanes) is 1. The molecule has 0 saturated carbocycles. The molecule has 9 heteroatoms. The highest BCUT2D eigenvalue weighted by Crippen LogP contribution is 2.29. The Bertz CT molecular complexity index is 1000. The van der Waals surface area contributed by atoms with Crippen LogP contribution >= 0.6 is 23.2 Å².